The van der Waals surface area contributed by atoms with E-state index < -0.39 is 5.54 Å². The van der Waals surface area contributed by atoms with E-state index >= 15 is 0 Å². The first-order chi connectivity index (χ1) is 15.6. The lowest BCUT2D eigenvalue weighted by molar-refractivity contribution is 0.262. The summed E-state index contributed by atoms with van der Waals surface area (Å²) in [5.41, 5.74) is 8.51. The molecule has 162 valence electrons. The van der Waals surface area contributed by atoms with Crippen molar-refractivity contribution in [3.63, 3.8) is 0 Å². The van der Waals surface area contributed by atoms with Crippen LogP contribution >= 0.6 is 0 Å². The number of nitrogens with two attached hydrogens (primary N) is 1. The van der Waals surface area contributed by atoms with Crippen LogP contribution in [0.4, 0.5) is 0 Å². The predicted molar refractivity (Wildman–Crippen MR) is 117 cm³/mol. The van der Waals surface area contributed by atoms with E-state index in [1.54, 1.807) is 19.5 Å². The topological polar surface area (TPSA) is 101 Å². The van der Waals surface area contributed by atoms with Gasteiger partial charge in [-0.15, -0.1) is 0 Å². The number of amidine groups is 1. The molecule has 2 aliphatic heterocycles. The van der Waals surface area contributed by atoms with Crippen LogP contribution in [0.15, 0.2) is 53.8 Å². The molecule has 1 aromatic carbocycles. The molecule has 1 spiro atoms. The van der Waals surface area contributed by atoms with Gasteiger partial charge in [-0.05, 0) is 49.1 Å². The summed E-state index contributed by atoms with van der Waals surface area (Å²) in [6.07, 6.45) is 6.05. The highest BCUT2D eigenvalue weighted by molar-refractivity contribution is 5.77. The van der Waals surface area contributed by atoms with E-state index in [4.69, 9.17) is 29.7 Å². The lowest BCUT2D eigenvalue weighted by Gasteiger charge is -2.33. The molecule has 1 fully saturated rings. The normalized spacial score (nSPS) is 20.6. The quantitative estimate of drug-likeness (QED) is 0.659. The van der Waals surface area contributed by atoms with Gasteiger partial charge in [0.1, 0.15) is 18.1 Å². The molecule has 6 rings (SSSR count). The first kappa shape index (κ1) is 18.9. The van der Waals surface area contributed by atoms with Gasteiger partial charge < -0.3 is 24.7 Å². The van der Waals surface area contributed by atoms with Gasteiger partial charge in [-0.3, -0.25) is 0 Å². The van der Waals surface area contributed by atoms with E-state index in [9.17, 15) is 0 Å². The number of hydrogen-bond acceptors (Lipinski definition) is 8. The van der Waals surface area contributed by atoms with Gasteiger partial charge >= 0.3 is 0 Å². The van der Waals surface area contributed by atoms with Crippen molar-refractivity contribution >= 4 is 6.02 Å². The fraction of sp³-hybridized carbons (Fsp3) is 0.292. The summed E-state index contributed by atoms with van der Waals surface area (Å²) in [6, 6.07) is 11.6. The molecule has 1 aliphatic carbocycles. The fourth-order valence-corrected chi connectivity index (χ4v) is 4.12. The average Bonchev–Trinajstić information content (AvgIpc) is 3.58. The highest BCUT2D eigenvalue weighted by Crippen LogP contribution is 2.51. The number of methoxy groups -OCH3 is 1. The molecule has 32 heavy (non-hydrogen) atoms. The molecule has 8 heteroatoms. The van der Waals surface area contributed by atoms with Crippen LogP contribution in [0.25, 0.3) is 11.1 Å². The van der Waals surface area contributed by atoms with Gasteiger partial charge in [0.2, 0.25) is 11.8 Å². The number of rotatable bonds is 5. The smallest absolute Gasteiger partial charge is 0.283 e. The third kappa shape index (κ3) is 3.10. The minimum Gasteiger partial charge on any atom is -0.497 e. The molecule has 0 radical (unpaired) electrons. The van der Waals surface area contributed by atoms with E-state index in [0.29, 0.717) is 29.2 Å². The van der Waals surface area contributed by atoms with Gasteiger partial charge in [-0.25, -0.2) is 15.0 Å². The first-order valence-corrected chi connectivity index (χ1v) is 10.6. The Bertz CT molecular complexity index is 1220. The van der Waals surface area contributed by atoms with Crippen molar-refractivity contribution in [2.24, 2.45) is 16.6 Å². The summed E-state index contributed by atoms with van der Waals surface area (Å²) in [7, 11) is 1.62. The van der Waals surface area contributed by atoms with Crippen molar-refractivity contribution in [1.29, 1.82) is 0 Å². The average molecular weight is 430 g/mol. The molecule has 0 saturated heterocycles. The van der Waals surface area contributed by atoms with Crippen LogP contribution in [0.2, 0.25) is 0 Å². The molecule has 4 heterocycles. The molecule has 0 bridgehead atoms. The highest BCUT2D eigenvalue weighted by Gasteiger charge is 2.48. The number of ether oxygens (including phenoxy) is 4. The minimum absolute atomic E-state index is 0.135. The lowest BCUT2D eigenvalue weighted by Crippen LogP contribution is -2.31. The van der Waals surface area contributed by atoms with Crippen LogP contribution in [-0.4, -0.2) is 36.3 Å². The predicted octanol–water partition coefficient (Wildman–Crippen LogP) is 3.64. The monoisotopic (exact) mass is 430 g/mol. The van der Waals surface area contributed by atoms with E-state index in [1.807, 2.05) is 36.4 Å². The zero-order valence-corrected chi connectivity index (χ0v) is 17.6. The van der Waals surface area contributed by atoms with Gasteiger partial charge in [-0.1, -0.05) is 0 Å². The van der Waals surface area contributed by atoms with Crippen LogP contribution in [0, 0.1) is 5.92 Å². The Hall–Kier alpha value is -3.81. The Labute approximate surface area is 185 Å². The molecule has 8 nitrogen and oxygen atoms in total. The molecule has 0 unspecified atom stereocenters. The van der Waals surface area contributed by atoms with E-state index in [-0.39, 0.29) is 12.6 Å². The summed E-state index contributed by atoms with van der Waals surface area (Å²) >= 11 is 0. The number of nitrogens with zero attached hydrogens (tertiary/aromatic N) is 3. The number of fused-ring (bicyclic) bond motifs is 4. The lowest BCUT2D eigenvalue weighted by atomic mass is 9.81. The van der Waals surface area contributed by atoms with Crippen LogP contribution in [0.1, 0.15) is 24.0 Å². The summed E-state index contributed by atoms with van der Waals surface area (Å²) < 4.78 is 22.9. The van der Waals surface area contributed by atoms with Crippen molar-refractivity contribution in [3.05, 3.63) is 59.9 Å². The second kappa shape index (κ2) is 7.12. The highest BCUT2D eigenvalue weighted by atomic mass is 16.5. The van der Waals surface area contributed by atoms with Crippen molar-refractivity contribution in [2.45, 2.75) is 18.4 Å². The van der Waals surface area contributed by atoms with Crippen molar-refractivity contribution in [3.8, 4) is 34.4 Å². The van der Waals surface area contributed by atoms with Crippen LogP contribution in [-0.2, 0) is 10.3 Å². The molecule has 2 N–H and O–H groups in total. The molecule has 1 atom stereocenters. The number of hydrogen-bond donors (Lipinski definition) is 1. The summed E-state index contributed by atoms with van der Waals surface area (Å²) in [6.45, 7) is 0.988. The SMILES string of the molecule is COc1ccc2c(c1)[C@@]1(COC(N)=N1)c1cc(-c3ccc(OCC4CC4)nc3)cnc1O2. The van der Waals surface area contributed by atoms with E-state index in [1.165, 1.54) is 12.8 Å². The minimum atomic E-state index is -0.856. The Kier molecular flexibility index (Phi) is 4.21. The number of aliphatic imine (C=N–C) groups is 1. The van der Waals surface area contributed by atoms with Crippen LogP contribution in [0.5, 0.6) is 23.3 Å². The molecule has 3 aromatic rings. The first-order valence-electron chi connectivity index (χ1n) is 10.6. The largest absolute Gasteiger partial charge is 0.497 e. The molecular formula is C24H22N4O4. The van der Waals surface area contributed by atoms with Crippen molar-refractivity contribution < 1.29 is 18.9 Å². The number of aromatic nitrogens is 2. The standard InChI is InChI=1S/C24H22N4O4/c1-29-17-5-6-20-18(9-17)24(13-31-23(25)28-24)19-8-16(11-27-22(19)32-20)15-4-7-21(26-10-15)30-12-14-2-3-14/h4-11,14H,2-3,12-13H2,1H3,(H2,25,28)/t24-/m0/s1. The zero-order chi connectivity index (χ0) is 21.7. The second-order valence-corrected chi connectivity index (χ2v) is 8.28. The molecule has 1 saturated carbocycles. The third-order valence-corrected chi connectivity index (χ3v) is 6.10. The number of pyridine rings is 2. The maximum atomic E-state index is 6.10. The molecule has 2 aromatic heterocycles. The Morgan fingerprint density at radius 3 is 2.66 bits per heavy atom. The zero-order valence-electron chi connectivity index (χ0n) is 17.6. The maximum Gasteiger partial charge on any atom is 0.283 e. The summed E-state index contributed by atoms with van der Waals surface area (Å²) in [4.78, 5) is 13.7. The molecular weight excluding hydrogens is 408 g/mol. The van der Waals surface area contributed by atoms with E-state index in [2.05, 4.69) is 9.97 Å². The number of benzene rings is 1. The van der Waals surface area contributed by atoms with Gasteiger partial charge in [0.05, 0.1) is 19.3 Å². The Morgan fingerprint density at radius 1 is 1.06 bits per heavy atom. The van der Waals surface area contributed by atoms with Crippen molar-refractivity contribution in [2.75, 3.05) is 20.3 Å². The van der Waals surface area contributed by atoms with Gasteiger partial charge in [0.15, 0.2) is 5.54 Å². The van der Waals surface area contributed by atoms with Crippen LogP contribution in [0.3, 0.4) is 0 Å². The summed E-state index contributed by atoms with van der Waals surface area (Å²) in [5.74, 6) is 3.14. The van der Waals surface area contributed by atoms with Crippen molar-refractivity contribution in [1.82, 2.24) is 9.97 Å². The Morgan fingerprint density at radius 2 is 1.94 bits per heavy atom. The van der Waals surface area contributed by atoms with Gasteiger partial charge in [0.25, 0.3) is 6.02 Å². The van der Waals surface area contributed by atoms with Gasteiger partial charge in [-0.2, -0.15) is 0 Å². The molecule has 3 aliphatic rings. The second-order valence-electron chi connectivity index (χ2n) is 8.28. The van der Waals surface area contributed by atoms with Gasteiger partial charge in [0, 0.05) is 35.2 Å². The molecule has 0 amide bonds. The Balaban J connectivity index is 1.40. The maximum absolute atomic E-state index is 6.10. The van der Waals surface area contributed by atoms with Crippen LogP contribution < -0.4 is 19.9 Å². The third-order valence-electron chi connectivity index (χ3n) is 6.10. The fourth-order valence-electron chi connectivity index (χ4n) is 4.12. The summed E-state index contributed by atoms with van der Waals surface area (Å²) in [5, 5.41) is 0. The van der Waals surface area contributed by atoms with E-state index in [0.717, 1.165) is 28.9 Å².